The maximum Gasteiger partial charge on any atom is 0.136 e. The minimum absolute atomic E-state index is 0.405. The van der Waals surface area contributed by atoms with Crippen LogP contribution in [-0.2, 0) is 0 Å². The van der Waals surface area contributed by atoms with E-state index in [0.717, 1.165) is 11.3 Å². The van der Waals surface area contributed by atoms with E-state index < -0.39 is 6.67 Å². The molecule has 1 aromatic rings. The van der Waals surface area contributed by atoms with Crippen LogP contribution >= 0.6 is 0 Å². The Hall–Kier alpha value is -1.15. The zero-order valence-electron chi connectivity index (χ0n) is 7.13. The maximum absolute atomic E-state index is 11.8. The molecule has 0 aromatic heterocycles. The van der Waals surface area contributed by atoms with E-state index in [2.05, 4.69) is 0 Å². The molecule has 0 aliphatic carbocycles. The molecule has 0 bridgehead atoms. The monoisotopic (exact) mass is 166 g/mol. The molecule has 2 heteroatoms. The lowest BCUT2D eigenvalue weighted by molar-refractivity contribution is -0.539. The number of hydrogen-bond acceptors (Lipinski definition) is 0. The molecular formula is C10H13FN+. The maximum atomic E-state index is 11.8. The highest BCUT2D eigenvalue weighted by Crippen LogP contribution is 2.10. The summed E-state index contributed by atoms with van der Waals surface area (Å²) in [6.45, 7) is -0.405. The standard InChI is InChI=1S/C10H12FN/c1-12-10-7-3-2-5-9(10)6-4-8-11/h2-7,12H,8H2,1H3/p+1/b6-4-. The Morgan fingerprint density at radius 1 is 1.42 bits per heavy atom. The fraction of sp³-hybridized carbons (Fsp3) is 0.200. The minimum atomic E-state index is -0.405. The highest BCUT2D eigenvalue weighted by Gasteiger charge is 1.97. The van der Waals surface area contributed by atoms with Crippen molar-refractivity contribution in [2.45, 2.75) is 0 Å². The zero-order valence-corrected chi connectivity index (χ0v) is 7.13. The van der Waals surface area contributed by atoms with Crippen LogP contribution in [0.4, 0.5) is 10.1 Å². The Balaban J connectivity index is 2.89. The van der Waals surface area contributed by atoms with Gasteiger partial charge >= 0.3 is 0 Å². The van der Waals surface area contributed by atoms with Crippen LogP contribution in [0.25, 0.3) is 6.08 Å². The third-order valence-corrected chi connectivity index (χ3v) is 1.69. The lowest BCUT2D eigenvalue weighted by Crippen LogP contribution is -2.73. The molecule has 0 saturated heterocycles. The molecule has 64 valence electrons. The van der Waals surface area contributed by atoms with Crippen LogP contribution < -0.4 is 5.32 Å². The Kier molecular flexibility index (Phi) is 3.48. The van der Waals surface area contributed by atoms with Gasteiger partial charge in [0.2, 0.25) is 0 Å². The van der Waals surface area contributed by atoms with Gasteiger partial charge < -0.3 is 5.32 Å². The minimum Gasteiger partial charge on any atom is -0.316 e. The van der Waals surface area contributed by atoms with Gasteiger partial charge in [0, 0.05) is 5.56 Å². The van der Waals surface area contributed by atoms with E-state index in [1.165, 1.54) is 6.08 Å². The molecule has 0 fully saturated rings. The predicted molar refractivity (Wildman–Crippen MR) is 49.0 cm³/mol. The molecule has 0 atom stereocenters. The van der Waals surface area contributed by atoms with E-state index in [1.807, 2.05) is 36.6 Å². The van der Waals surface area contributed by atoms with E-state index in [0.29, 0.717) is 0 Å². The number of hydrogen-bond donors (Lipinski definition) is 1. The molecule has 0 aliphatic heterocycles. The number of allylic oxidation sites excluding steroid dienone is 1. The van der Waals surface area contributed by atoms with Gasteiger partial charge in [-0.25, -0.2) is 4.39 Å². The lowest BCUT2D eigenvalue weighted by atomic mass is 10.1. The van der Waals surface area contributed by atoms with Crippen molar-refractivity contribution < 1.29 is 9.71 Å². The van der Waals surface area contributed by atoms with Crippen molar-refractivity contribution in [3.63, 3.8) is 0 Å². The van der Waals surface area contributed by atoms with Crippen LogP contribution in [0.15, 0.2) is 30.3 Å². The lowest BCUT2D eigenvalue weighted by Gasteiger charge is -1.98. The molecule has 2 N–H and O–H groups in total. The van der Waals surface area contributed by atoms with Crippen molar-refractivity contribution >= 4 is 11.8 Å². The number of nitrogens with two attached hydrogens (primary N) is 1. The molecule has 1 aromatic carbocycles. The van der Waals surface area contributed by atoms with Crippen LogP contribution in [0.5, 0.6) is 0 Å². The van der Waals surface area contributed by atoms with Gasteiger partial charge in [-0.15, -0.1) is 0 Å². The van der Waals surface area contributed by atoms with Crippen molar-refractivity contribution in [2.24, 2.45) is 0 Å². The van der Waals surface area contributed by atoms with Gasteiger partial charge in [-0.1, -0.05) is 24.3 Å². The Bertz CT molecular complexity index is 268. The van der Waals surface area contributed by atoms with E-state index in [4.69, 9.17) is 0 Å². The first-order valence-electron chi connectivity index (χ1n) is 3.99. The molecule has 0 unspecified atom stereocenters. The van der Waals surface area contributed by atoms with Gasteiger partial charge in [-0.3, -0.25) is 0 Å². The van der Waals surface area contributed by atoms with Crippen LogP contribution in [0.2, 0.25) is 0 Å². The molecule has 0 radical (unpaired) electrons. The number of halogens is 1. The Morgan fingerprint density at radius 2 is 2.17 bits per heavy atom. The summed E-state index contributed by atoms with van der Waals surface area (Å²) < 4.78 is 11.8. The highest BCUT2D eigenvalue weighted by atomic mass is 19.1. The van der Waals surface area contributed by atoms with Crippen molar-refractivity contribution in [1.82, 2.24) is 0 Å². The van der Waals surface area contributed by atoms with Crippen molar-refractivity contribution in [3.05, 3.63) is 35.9 Å². The summed E-state index contributed by atoms with van der Waals surface area (Å²) in [5.74, 6) is 0. The van der Waals surface area contributed by atoms with Crippen molar-refractivity contribution in [2.75, 3.05) is 13.7 Å². The van der Waals surface area contributed by atoms with Crippen molar-refractivity contribution in [1.29, 1.82) is 0 Å². The smallest absolute Gasteiger partial charge is 0.136 e. The summed E-state index contributed by atoms with van der Waals surface area (Å²) >= 11 is 0. The summed E-state index contributed by atoms with van der Waals surface area (Å²) in [7, 11) is 1.97. The Labute approximate surface area is 71.9 Å². The summed E-state index contributed by atoms with van der Waals surface area (Å²) in [4.78, 5) is 0. The largest absolute Gasteiger partial charge is 0.316 e. The van der Waals surface area contributed by atoms with Crippen LogP contribution in [0.3, 0.4) is 0 Å². The van der Waals surface area contributed by atoms with Gasteiger partial charge in [0.05, 0.1) is 7.05 Å². The fourth-order valence-corrected chi connectivity index (χ4v) is 1.10. The number of para-hydroxylation sites is 1. The third-order valence-electron chi connectivity index (χ3n) is 1.69. The third kappa shape index (κ3) is 2.17. The fourth-order valence-electron chi connectivity index (χ4n) is 1.10. The first-order valence-corrected chi connectivity index (χ1v) is 3.99. The molecule has 0 saturated carbocycles. The van der Waals surface area contributed by atoms with Gasteiger partial charge in [0.1, 0.15) is 12.4 Å². The molecule has 0 aliphatic rings. The average molecular weight is 166 g/mol. The number of benzene rings is 1. The summed E-state index contributed by atoms with van der Waals surface area (Å²) in [6, 6.07) is 7.91. The van der Waals surface area contributed by atoms with Gasteiger partial charge in [-0.05, 0) is 12.1 Å². The molecular weight excluding hydrogens is 153 g/mol. The summed E-state index contributed by atoms with van der Waals surface area (Å²) in [6.07, 6.45) is 3.32. The van der Waals surface area contributed by atoms with Crippen LogP contribution in [-0.4, -0.2) is 13.7 Å². The number of alkyl halides is 1. The van der Waals surface area contributed by atoms with Crippen LogP contribution in [0.1, 0.15) is 5.56 Å². The second-order valence-corrected chi connectivity index (χ2v) is 2.47. The SMILES string of the molecule is C[NH2+]c1ccccc1/C=C\CF. The molecule has 12 heavy (non-hydrogen) atoms. The average Bonchev–Trinajstić information content (AvgIpc) is 2.15. The summed E-state index contributed by atoms with van der Waals surface area (Å²) in [5, 5.41) is 2.01. The van der Waals surface area contributed by atoms with Crippen LogP contribution in [0, 0.1) is 0 Å². The predicted octanol–water partition coefficient (Wildman–Crippen LogP) is 1.49. The number of quaternary nitrogens is 1. The normalized spacial score (nSPS) is 10.8. The van der Waals surface area contributed by atoms with Gasteiger partial charge in [0.25, 0.3) is 0 Å². The zero-order chi connectivity index (χ0) is 8.81. The second kappa shape index (κ2) is 4.67. The highest BCUT2D eigenvalue weighted by molar-refractivity contribution is 5.60. The molecule has 1 nitrogen and oxygen atoms in total. The molecule has 0 heterocycles. The molecule has 0 amide bonds. The van der Waals surface area contributed by atoms with Gasteiger partial charge in [-0.2, -0.15) is 0 Å². The molecule has 0 spiro atoms. The molecule has 1 rings (SSSR count). The quantitative estimate of drug-likeness (QED) is 0.655. The van der Waals surface area contributed by atoms with E-state index >= 15 is 0 Å². The number of rotatable bonds is 3. The topological polar surface area (TPSA) is 16.6 Å². The van der Waals surface area contributed by atoms with E-state index in [9.17, 15) is 4.39 Å². The van der Waals surface area contributed by atoms with E-state index in [-0.39, 0.29) is 0 Å². The Morgan fingerprint density at radius 3 is 2.83 bits per heavy atom. The van der Waals surface area contributed by atoms with E-state index in [1.54, 1.807) is 6.08 Å². The summed E-state index contributed by atoms with van der Waals surface area (Å²) in [5.41, 5.74) is 2.21. The van der Waals surface area contributed by atoms with Crippen molar-refractivity contribution in [3.8, 4) is 0 Å². The second-order valence-electron chi connectivity index (χ2n) is 2.47. The first kappa shape index (κ1) is 8.94. The first-order chi connectivity index (χ1) is 5.88. The van der Waals surface area contributed by atoms with Gasteiger partial charge in [0.15, 0.2) is 0 Å².